The smallest absolute Gasteiger partial charge is 0.169 e. The van der Waals surface area contributed by atoms with Crippen molar-refractivity contribution in [2.45, 2.75) is 26.7 Å². The van der Waals surface area contributed by atoms with Crippen LogP contribution in [0, 0.1) is 5.82 Å². The number of rotatable bonds is 8. The maximum Gasteiger partial charge on any atom is 0.169 e. The van der Waals surface area contributed by atoms with Gasteiger partial charge in [-0.25, -0.2) is 4.39 Å². The zero-order valence-electron chi connectivity index (χ0n) is 10.7. The Morgan fingerprint density at radius 2 is 1.89 bits per heavy atom. The molecule has 5 heteroatoms. The fraction of sp³-hybridized carbons (Fsp3) is 0.538. The summed E-state index contributed by atoms with van der Waals surface area (Å²) in [5.41, 5.74) is 0.798. The van der Waals surface area contributed by atoms with E-state index in [1.807, 2.05) is 13.8 Å². The van der Waals surface area contributed by atoms with Crippen LogP contribution in [0.1, 0.15) is 19.4 Å². The first-order chi connectivity index (χ1) is 8.65. The number of hydrogen-bond donors (Lipinski definition) is 1. The highest BCUT2D eigenvalue weighted by molar-refractivity contribution is 6.30. The molecular weight excluding hydrogens is 257 g/mol. The summed E-state index contributed by atoms with van der Waals surface area (Å²) in [7, 11) is 0. The average molecular weight is 276 g/mol. The second kappa shape index (κ2) is 8.43. The lowest BCUT2D eigenvalue weighted by Gasteiger charge is -2.17. The van der Waals surface area contributed by atoms with E-state index in [2.05, 4.69) is 5.32 Å². The van der Waals surface area contributed by atoms with Crippen molar-refractivity contribution >= 4 is 11.6 Å². The van der Waals surface area contributed by atoms with E-state index in [1.54, 1.807) is 6.07 Å². The standard InChI is InChI=1S/C13H19ClFNO2/c1-3-17-13(18-4-2)9-16-8-10-5-11(14)7-12(15)6-10/h5-7,13,16H,3-4,8-9H2,1-2H3. The van der Waals surface area contributed by atoms with Gasteiger partial charge in [0.2, 0.25) is 0 Å². The fourth-order valence-corrected chi connectivity index (χ4v) is 1.83. The Hall–Kier alpha value is -0.680. The van der Waals surface area contributed by atoms with Crippen LogP contribution in [0.15, 0.2) is 18.2 Å². The Labute approximate surface area is 112 Å². The van der Waals surface area contributed by atoms with E-state index in [1.165, 1.54) is 12.1 Å². The lowest BCUT2D eigenvalue weighted by Crippen LogP contribution is -2.31. The molecule has 102 valence electrons. The van der Waals surface area contributed by atoms with Crippen molar-refractivity contribution in [3.8, 4) is 0 Å². The molecule has 0 aliphatic heterocycles. The largest absolute Gasteiger partial charge is 0.352 e. The number of halogens is 2. The molecule has 0 bridgehead atoms. The number of benzene rings is 1. The lowest BCUT2D eigenvalue weighted by atomic mass is 10.2. The van der Waals surface area contributed by atoms with Crippen LogP contribution in [0.2, 0.25) is 5.02 Å². The predicted molar refractivity (Wildman–Crippen MR) is 70.2 cm³/mol. The summed E-state index contributed by atoms with van der Waals surface area (Å²) < 4.78 is 23.9. The highest BCUT2D eigenvalue weighted by Gasteiger charge is 2.07. The van der Waals surface area contributed by atoms with Crippen LogP contribution in [0.5, 0.6) is 0 Å². The monoisotopic (exact) mass is 275 g/mol. The van der Waals surface area contributed by atoms with E-state index in [4.69, 9.17) is 21.1 Å². The zero-order valence-corrected chi connectivity index (χ0v) is 11.5. The van der Waals surface area contributed by atoms with E-state index in [9.17, 15) is 4.39 Å². The molecule has 0 radical (unpaired) electrons. The molecule has 0 fully saturated rings. The molecule has 0 heterocycles. The molecule has 1 aromatic carbocycles. The normalized spacial score (nSPS) is 11.2. The molecule has 1 aromatic rings. The second-order valence-electron chi connectivity index (χ2n) is 3.75. The van der Waals surface area contributed by atoms with Gasteiger partial charge in [-0.3, -0.25) is 0 Å². The van der Waals surface area contributed by atoms with Gasteiger partial charge in [0.1, 0.15) is 5.82 Å². The van der Waals surface area contributed by atoms with Crippen molar-refractivity contribution in [1.29, 1.82) is 0 Å². The zero-order chi connectivity index (χ0) is 13.4. The van der Waals surface area contributed by atoms with Crippen LogP contribution in [-0.4, -0.2) is 26.0 Å². The van der Waals surface area contributed by atoms with Gasteiger partial charge in [-0.05, 0) is 37.6 Å². The van der Waals surface area contributed by atoms with Crippen molar-refractivity contribution in [2.24, 2.45) is 0 Å². The second-order valence-corrected chi connectivity index (χ2v) is 4.19. The Morgan fingerprint density at radius 1 is 1.22 bits per heavy atom. The minimum Gasteiger partial charge on any atom is -0.352 e. The maximum absolute atomic E-state index is 13.1. The predicted octanol–water partition coefficient (Wildman–Crippen LogP) is 2.97. The van der Waals surface area contributed by atoms with Crippen LogP contribution in [0.25, 0.3) is 0 Å². The van der Waals surface area contributed by atoms with E-state index < -0.39 is 0 Å². The third-order valence-electron chi connectivity index (χ3n) is 2.27. The first-order valence-corrected chi connectivity index (χ1v) is 6.42. The Bertz CT molecular complexity index is 337. The van der Waals surface area contributed by atoms with E-state index in [0.717, 1.165) is 5.56 Å². The lowest BCUT2D eigenvalue weighted by molar-refractivity contribution is -0.133. The first kappa shape index (κ1) is 15.4. The van der Waals surface area contributed by atoms with Gasteiger partial charge in [0.05, 0.1) is 0 Å². The first-order valence-electron chi connectivity index (χ1n) is 6.04. The SMILES string of the molecule is CCOC(CNCc1cc(F)cc(Cl)c1)OCC. The minimum atomic E-state index is -0.328. The molecule has 0 amide bonds. The molecule has 0 spiro atoms. The van der Waals surface area contributed by atoms with Crippen molar-refractivity contribution < 1.29 is 13.9 Å². The van der Waals surface area contributed by atoms with Crippen LogP contribution < -0.4 is 5.32 Å². The number of ether oxygens (including phenoxy) is 2. The Balaban J connectivity index is 2.39. The molecule has 1 N–H and O–H groups in total. The summed E-state index contributed by atoms with van der Waals surface area (Å²) in [6.45, 7) is 6.09. The fourth-order valence-electron chi connectivity index (χ4n) is 1.59. The van der Waals surface area contributed by atoms with Gasteiger partial charge in [0, 0.05) is 31.3 Å². The van der Waals surface area contributed by atoms with Crippen LogP contribution in [0.3, 0.4) is 0 Å². The van der Waals surface area contributed by atoms with Gasteiger partial charge in [0.25, 0.3) is 0 Å². The topological polar surface area (TPSA) is 30.5 Å². The summed E-state index contributed by atoms with van der Waals surface area (Å²) in [4.78, 5) is 0. The minimum absolute atomic E-state index is 0.274. The summed E-state index contributed by atoms with van der Waals surface area (Å²) in [5, 5.41) is 3.55. The average Bonchev–Trinajstić information content (AvgIpc) is 2.28. The van der Waals surface area contributed by atoms with Crippen molar-refractivity contribution in [3.63, 3.8) is 0 Å². The van der Waals surface area contributed by atoms with Gasteiger partial charge >= 0.3 is 0 Å². The van der Waals surface area contributed by atoms with Crippen LogP contribution >= 0.6 is 11.6 Å². The molecule has 0 atom stereocenters. The van der Waals surface area contributed by atoms with E-state index in [0.29, 0.717) is 31.3 Å². The highest BCUT2D eigenvalue weighted by Crippen LogP contribution is 2.13. The molecule has 0 saturated carbocycles. The summed E-state index contributed by atoms with van der Waals surface area (Å²) in [6, 6.07) is 4.47. The Kier molecular flexibility index (Phi) is 7.20. The molecule has 3 nitrogen and oxygen atoms in total. The quantitative estimate of drug-likeness (QED) is 0.740. The molecule has 0 aliphatic carbocycles. The number of nitrogens with one attached hydrogen (secondary N) is 1. The third-order valence-corrected chi connectivity index (χ3v) is 2.49. The van der Waals surface area contributed by atoms with E-state index in [-0.39, 0.29) is 12.1 Å². The molecule has 0 unspecified atom stereocenters. The van der Waals surface area contributed by atoms with Gasteiger partial charge < -0.3 is 14.8 Å². The van der Waals surface area contributed by atoms with Gasteiger partial charge in [-0.1, -0.05) is 11.6 Å². The van der Waals surface area contributed by atoms with Crippen molar-refractivity contribution in [1.82, 2.24) is 5.32 Å². The Morgan fingerprint density at radius 3 is 2.44 bits per heavy atom. The van der Waals surface area contributed by atoms with Gasteiger partial charge in [-0.2, -0.15) is 0 Å². The van der Waals surface area contributed by atoms with Crippen molar-refractivity contribution in [2.75, 3.05) is 19.8 Å². The summed E-state index contributed by atoms with van der Waals surface area (Å²) >= 11 is 5.77. The summed E-state index contributed by atoms with van der Waals surface area (Å²) in [5.74, 6) is -0.328. The van der Waals surface area contributed by atoms with Gasteiger partial charge in [-0.15, -0.1) is 0 Å². The van der Waals surface area contributed by atoms with Crippen LogP contribution in [0.4, 0.5) is 4.39 Å². The molecule has 0 aromatic heterocycles. The molecule has 0 aliphatic rings. The van der Waals surface area contributed by atoms with Gasteiger partial charge in [0.15, 0.2) is 6.29 Å². The molecular formula is C13H19ClFNO2. The maximum atomic E-state index is 13.1. The molecule has 18 heavy (non-hydrogen) atoms. The summed E-state index contributed by atoms with van der Waals surface area (Å²) in [6.07, 6.45) is -0.274. The van der Waals surface area contributed by atoms with E-state index >= 15 is 0 Å². The third kappa shape index (κ3) is 5.78. The highest BCUT2D eigenvalue weighted by atomic mass is 35.5. The number of hydrogen-bond acceptors (Lipinski definition) is 3. The molecule has 1 rings (SSSR count). The molecule has 0 saturated heterocycles. The van der Waals surface area contributed by atoms with Crippen LogP contribution in [-0.2, 0) is 16.0 Å². The van der Waals surface area contributed by atoms with Crippen molar-refractivity contribution in [3.05, 3.63) is 34.6 Å².